The monoisotopic (exact) mass is 269 g/mol. The van der Waals surface area contributed by atoms with E-state index in [1.165, 1.54) is 16.9 Å². The number of nitrogens with one attached hydrogen (secondary N) is 1. The van der Waals surface area contributed by atoms with E-state index in [0.717, 1.165) is 0 Å². The molecule has 0 aliphatic heterocycles. The van der Waals surface area contributed by atoms with E-state index >= 15 is 0 Å². The lowest BCUT2D eigenvalue weighted by atomic mass is 10.3. The molecule has 0 spiro atoms. The Morgan fingerprint density at radius 2 is 1.89 bits per heavy atom. The molecule has 0 radical (unpaired) electrons. The smallest absolute Gasteiger partial charge is 0.310 e. The van der Waals surface area contributed by atoms with Gasteiger partial charge >= 0.3 is 6.18 Å². The van der Waals surface area contributed by atoms with Crippen molar-refractivity contribution in [3.63, 3.8) is 0 Å². The standard InChI is InChI=1S/C12H10F3N3O/c13-12(14,15)8-11(19)17-10-6-7-16-18(10)9-4-2-1-3-5-9/h1-7H,8H2,(H,17,19). The third-order valence-corrected chi connectivity index (χ3v) is 2.27. The van der Waals surface area contributed by atoms with Gasteiger partial charge in [0.1, 0.15) is 12.2 Å². The molecule has 1 aromatic carbocycles. The fourth-order valence-corrected chi connectivity index (χ4v) is 1.54. The van der Waals surface area contributed by atoms with E-state index in [4.69, 9.17) is 0 Å². The van der Waals surface area contributed by atoms with Crippen LogP contribution in [0.2, 0.25) is 0 Å². The molecule has 2 rings (SSSR count). The number of amides is 1. The zero-order valence-corrected chi connectivity index (χ0v) is 9.69. The third-order valence-electron chi connectivity index (χ3n) is 2.27. The lowest BCUT2D eigenvalue weighted by Gasteiger charge is -2.10. The van der Waals surface area contributed by atoms with Crippen LogP contribution in [-0.4, -0.2) is 21.9 Å². The second-order valence-corrected chi connectivity index (χ2v) is 3.80. The van der Waals surface area contributed by atoms with Crippen molar-refractivity contribution in [2.45, 2.75) is 12.6 Å². The minimum absolute atomic E-state index is 0.195. The van der Waals surface area contributed by atoms with Gasteiger partial charge in [0.2, 0.25) is 5.91 Å². The summed E-state index contributed by atoms with van der Waals surface area (Å²) in [5.74, 6) is -0.925. The molecule has 0 bridgehead atoms. The zero-order valence-electron chi connectivity index (χ0n) is 9.69. The first-order valence-electron chi connectivity index (χ1n) is 5.42. The molecular weight excluding hydrogens is 259 g/mol. The Bertz CT molecular complexity index is 563. The van der Waals surface area contributed by atoms with Gasteiger partial charge < -0.3 is 5.32 Å². The normalized spacial score (nSPS) is 11.3. The summed E-state index contributed by atoms with van der Waals surface area (Å²) in [7, 11) is 0. The van der Waals surface area contributed by atoms with Gasteiger partial charge in [-0.05, 0) is 12.1 Å². The van der Waals surface area contributed by atoms with Crippen LogP contribution in [0.3, 0.4) is 0 Å². The predicted octanol–water partition coefficient (Wildman–Crippen LogP) is 2.76. The van der Waals surface area contributed by atoms with Crippen LogP contribution >= 0.6 is 0 Å². The van der Waals surface area contributed by atoms with E-state index in [1.807, 2.05) is 0 Å². The molecule has 0 aliphatic rings. The summed E-state index contributed by atoms with van der Waals surface area (Å²) in [5, 5.41) is 6.14. The third kappa shape index (κ3) is 3.57. The SMILES string of the molecule is O=C(CC(F)(F)F)Nc1ccnn1-c1ccccc1. The first-order chi connectivity index (χ1) is 8.96. The minimum atomic E-state index is -4.53. The summed E-state index contributed by atoms with van der Waals surface area (Å²) in [6, 6.07) is 10.2. The number of nitrogens with zero attached hydrogens (tertiary/aromatic N) is 2. The van der Waals surface area contributed by atoms with Crippen LogP contribution in [0.4, 0.5) is 19.0 Å². The molecule has 19 heavy (non-hydrogen) atoms. The molecule has 0 saturated heterocycles. The van der Waals surface area contributed by atoms with Gasteiger partial charge in [0.15, 0.2) is 0 Å². The quantitative estimate of drug-likeness (QED) is 0.931. The van der Waals surface area contributed by atoms with Crippen LogP contribution in [-0.2, 0) is 4.79 Å². The van der Waals surface area contributed by atoms with Gasteiger partial charge in [0.25, 0.3) is 0 Å². The first-order valence-corrected chi connectivity index (χ1v) is 5.42. The summed E-state index contributed by atoms with van der Waals surface area (Å²) < 4.78 is 37.6. The van der Waals surface area contributed by atoms with Crippen LogP contribution in [0.1, 0.15) is 6.42 Å². The van der Waals surface area contributed by atoms with E-state index in [0.29, 0.717) is 5.69 Å². The number of alkyl halides is 3. The number of aromatic nitrogens is 2. The van der Waals surface area contributed by atoms with Crippen molar-refractivity contribution in [1.29, 1.82) is 0 Å². The number of carbonyl (C=O) groups is 1. The molecule has 1 amide bonds. The molecule has 7 heteroatoms. The van der Waals surface area contributed by atoms with Crippen LogP contribution in [0.25, 0.3) is 5.69 Å². The summed E-state index contributed by atoms with van der Waals surface area (Å²) in [5.41, 5.74) is 0.648. The summed E-state index contributed by atoms with van der Waals surface area (Å²) in [6.07, 6.45) is -4.65. The largest absolute Gasteiger partial charge is 0.397 e. The highest BCUT2D eigenvalue weighted by molar-refractivity contribution is 5.90. The van der Waals surface area contributed by atoms with Gasteiger partial charge in [-0.25, -0.2) is 4.68 Å². The van der Waals surface area contributed by atoms with Crippen LogP contribution in [0, 0.1) is 0 Å². The fourth-order valence-electron chi connectivity index (χ4n) is 1.54. The Morgan fingerprint density at radius 3 is 2.53 bits per heavy atom. The van der Waals surface area contributed by atoms with Crippen LogP contribution < -0.4 is 5.32 Å². The molecule has 0 aliphatic carbocycles. The number of halogens is 3. The lowest BCUT2D eigenvalue weighted by Crippen LogP contribution is -2.22. The van der Waals surface area contributed by atoms with E-state index in [9.17, 15) is 18.0 Å². The molecule has 0 unspecified atom stereocenters. The van der Waals surface area contributed by atoms with Crippen molar-refractivity contribution >= 4 is 11.7 Å². The molecule has 1 N–H and O–H groups in total. The predicted molar refractivity (Wildman–Crippen MR) is 62.9 cm³/mol. The average Bonchev–Trinajstić information content (AvgIpc) is 2.75. The number of anilines is 1. The van der Waals surface area contributed by atoms with Gasteiger partial charge in [0.05, 0.1) is 11.9 Å². The Kier molecular flexibility index (Phi) is 3.55. The number of rotatable bonds is 3. The summed E-state index contributed by atoms with van der Waals surface area (Å²) in [4.78, 5) is 11.2. The van der Waals surface area contributed by atoms with E-state index < -0.39 is 18.5 Å². The Balaban J connectivity index is 2.15. The topological polar surface area (TPSA) is 46.9 Å². The van der Waals surface area contributed by atoms with Gasteiger partial charge in [-0.1, -0.05) is 18.2 Å². The number of hydrogen-bond donors (Lipinski definition) is 1. The molecule has 0 fully saturated rings. The number of benzene rings is 1. The van der Waals surface area contributed by atoms with E-state index in [1.54, 1.807) is 30.3 Å². The summed E-state index contributed by atoms with van der Waals surface area (Å²) in [6.45, 7) is 0. The highest BCUT2D eigenvalue weighted by atomic mass is 19.4. The molecule has 2 aromatic rings. The molecule has 0 atom stereocenters. The number of para-hydroxylation sites is 1. The van der Waals surface area contributed by atoms with Crippen molar-refractivity contribution < 1.29 is 18.0 Å². The van der Waals surface area contributed by atoms with Crippen molar-refractivity contribution in [2.75, 3.05) is 5.32 Å². The van der Waals surface area contributed by atoms with Crippen molar-refractivity contribution in [3.05, 3.63) is 42.6 Å². The average molecular weight is 269 g/mol. The lowest BCUT2D eigenvalue weighted by molar-refractivity contribution is -0.150. The van der Waals surface area contributed by atoms with Crippen LogP contribution in [0.5, 0.6) is 0 Å². The summed E-state index contributed by atoms with van der Waals surface area (Å²) >= 11 is 0. The Labute approximate surface area is 106 Å². The molecule has 1 aromatic heterocycles. The fraction of sp³-hybridized carbons (Fsp3) is 0.167. The maximum atomic E-state index is 12.1. The number of carbonyl (C=O) groups excluding carboxylic acids is 1. The van der Waals surface area contributed by atoms with E-state index in [-0.39, 0.29) is 5.82 Å². The Morgan fingerprint density at radius 1 is 1.21 bits per heavy atom. The van der Waals surface area contributed by atoms with Gasteiger partial charge in [0, 0.05) is 6.07 Å². The molecular formula is C12H10F3N3O. The molecule has 100 valence electrons. The molecule has 0 saturated carbocycles. The maximum absolute atomic E-state index is 12.1. The van der Waals surface area contributed by atoms with Crippen molar-refractivity contribution in [1.82, 2.24) is 9.78 Å². The zero-order chi connectivity index (χ0) is 13.9. The van der Waals surface area contributed by atoms with Crippen LogP contribution in [0.15, 0.2) is 42.6 Å². The van der Waals surface area contributed by atoms with Gasteiger partial charge in [-0.2, -0.15) is 18.3 Å². The minimum Gasteiger partial charge on any atom is -0.310 e. The second kappa shape index (κ2) is 5.13. The second-order valence-electron chi connectivity index (χ2n) is 3.80. The highest BCUT2D eigenvalue weighted by Gasteiger charge is 2.31. The first kappa shape index (κ1) is 13.1. The van der Waals surface area contributed by atoms with Crippen molar-refractivity contribution in [3.8, 4) is 5.69 Å². The van der Waals surface area contributed by atoms with Gasteiger partial charge in [-0.15, -0.1) is 0 Å². The number of hydrogen-bond acceptors (Lipinski definition) is 2. The Hall–Kier alpha value is -2.31. The maximum Gasteiger partial charge on any atom is 0.397 e. The van der Waals surface area contributed by atoms with Gasteiger partial charge in [-0.3, -0.25) is 4.79 Å². The molecule has 1 heterocycles. The van der Waals surface area contributed by atoms with E-state index in [2.05, 4.69) is 10.4 Å². The van der Waals surface area contributed by atoms with Crippen molar-refractivity contribution in [2.24, 2.45) is 0 Å². The highest BCUT2D eigenvalue weighted by Crippen LogP contribution is 2.21. The molecule has 4 nitrogen and oxygen atoms in total.